The molecule has 0 radical (unpaired) electrons. The van der Waals surface area contributed by atoms with Crippen LogP contribution in [0.4, 0.5) is 11.4 Å². The molecule has 6 nitrogen and oxygen atoms in total. The van der Waals surface area contributed by atoms with Crippen molar-refractivity contribution < 1.29 is 4.92 Å². The number of nitro benzene ring substituents is 1. The van der Waals surface area contributed by atoms with Crippen LogP contribution in [-0.4, -0.2) is 14.9 Å². The van der Waals surface area contributed by atoms with Gasteiger partial charge >= 0.3 is 0 Å². The molecule has 0 aliphatic rings. The van der Waals surface area contributed by atoms with Crippen LogP contribution in [0.15, 0.2) is 48.7 Å². The molecule has 22 heavy (non-hydrogen) atoms. The number of nitro groups is 1. The minimum absolute atomic E-state index is 0.0207. The zero-order valence-electron chi connectivity index (χ0n) is 12.0. The summed E-state index contributed by atoms with van der Waals surface area (Å²) in [5, 5.41) is 14.0. The third-order valence-corrected chi connectivity index (χ3v) is 3.31. The lowest BCUT2D eigenvalue weighted by molar-refractivity contribution is -0.384. The van der Waals surface area contributed by atoms with E-state index in [2.05, 4.69) is 15.3 Å². The van der Waals surface area contributed by atoms with Crippen molar-refractivity contribution in [3.05, 3.63) is 70.0 Å². The molecule has 0 bridgehead atoms. The largest absolute Gasteiger partial charge is 0.379 e. The average Bonchev–Trinajstić information content (AvgIpc) is 2.53. The van der Waals surface area contributed by atoms with Gasteiger partial charge in [0, 0.05) is 17.8 Å². The molecule has 0 saturated heterocycles. The summed E-state index contributed by atoms with van der Waals surface area (Å²) < 4.78 is 0. The Kier molecular flexibility index (Phi) is 3.65. The van der Waals surface area contributed by atoms with Crippen LogP contribution >= 0.6 is 0 Å². The maximum absolute atomic E-state index is 10.7. The molecule has 3 aromatic rings. The number of nitrogens with one attached hydrogen (secondary N) is 1. The van der Waals surface area contributed by atoms with Gasteiger partial charge in [-0.1, -0.05) is 17.7 Å². The van der Waals surface area contributed by atoms with E-state index in [1.807, 2.05) is 31.2 Å². The van der Waals surface area contributed by atoms with E-state index >= 15 is 0 Å². The second-order valence-electron chi connectivity index (χ2n) is 5.01. The van der Waals surface area contributed by atoms with Gasteiger partial charge in [0.1, 0.15) is 0 Å². The summed E-state index contributed by atoms with van der Waals surface area (Å²) in [4.78, 5) is 19.0. The molecule has 0 atom stereocenters. The van der Waals surface area contributed by atoms with Gasteiger partial charge in [0.25, 0.3) is 5.69 Å². The Bertz CT molecular complexity index is 831. The monoisotopic (exact) mass is 294 g/mol. The molecule has 1 heterocycles. The Morgan fingerprint density at radius 3 is 2.64 bits per heavy atom. The van der Waals surface area contributed by atoms with Crippen LogP contribution in [0.2, 0.25) is 0 Å². The Hall–Kier alpha value is -3.02. The minimum atomic E-state index is -0.437. The van der Waals surface area contributed by atoms with Crippen LogP contribution < -0.4 is 5.32 Å². The van der Waals surface area contributed by atoms with Crippen LogP contribution in [0.25, 0.3) is 11.0 Å². The van der Waals surface area contributed by atoms with E-state index in [4.69, 9.17) is 0 Å². The van der Waals surface area contributed by atoms with E-state index in [9.17, 15) is 10.1 Å². The Morgan fingerprint density at radius 1 is 1.14 bits per heavy atom. The van der Waals surface area contributed by atoms with Gasteiger partial charge in [-0.2, -0.15) is 0 Å². The smallest absolute Gasteiger partial charge is 0.271 e. The number of hydrogen-bond donors (Lipinski definition) is 1. The lowest BCUT2D eigenvalue weighted by atomic mass is 10.2. The fourth-order valence-corrected chi connectivity index (χ4v) is 2.10. The van der Waals surface area contributed by atoms with Gasteiger partial charge in [-0.25, -0.2) is 4.98 Å². The summed E-state index contributed by atoms with van der Waals surface area (Å²) in [6.45, 7) is 2.58. The number of aromatic nitrogens is 2. The van der Waals surface area contributed by atoms with Crippen molar-refractivity contribution in [1.82, 2.24) is 9.97 Å². The summed E-state index contributed by atoms with van der Waals surface area (Å²) in [6, 6.07) is 12.6. The van der Waals surface area contributed by atoms with E-state index in [-0.39, 0.29) is 5.69 Å². The molecule has 0 saturated carbocycles. The second-order valence-corrected chi connectivity index (χ2v) is 5.01. The van der Waals surface area contributed by atoms with Crippen LogP contribution in [0.1, 0.15) is 11.3 Å². The number of aryl methyl sites for hydroxylation is 1. The minimum Gasteiger partial charge on any atom is -0.379 e. The molecule has 0 aliphatic heterocycles. The SMILES string of the molecule is Cc1ccc(NCc2cnc3cc([N+](=O)[O-])ccc3n2)cc1. The highest BCUT2D eigenvalue weighted by Crippen LogP contribution is 2.18. The number of non-ortho nitro benzene ring substituents is 1. The third-order valence-electron chi connectivity index (χ3n) is 3.31. The molecular weight excluding hydrogens is 280 g/mol. The Labute approximate surface area is 127 Å². The predicted molar refractivity (Wildman–Crippen MR) is 84.7 cm³/mol. The normalized spacial score (nSPS) is 10.6. The van der Waals surface area contributed by atoms with E-state index in [1.54, 1.807) is 12.3 Å². The van der Waals surface area contributed by atoms with Crippen molar-refractivity contribution in [3.8, 4) is 0 Å². The van der Waals surface area contributed by atoms with Gasteiger partial charge in [0.15, 0.2) is 0 Å². The fraction of sp³-hybridized carbons (Fsp3) is 0.125. The van der Waals surface area contributed by atoms with Gasteiger partial charge in [0.2, 0.25) is 0 Å². The second kappa shape index (κ2) is 5.77. The molecule has 3 rings (SSSR count). The van der Waals surface area contributed by atoms with Gasteiger partial charge < -0.3 is 5.32 Å². The first-order valence-corrected chi connectivity index (χ1v) is 6.82. The fourth-order valence-electron chi connectivity index (χ4n) is 2.10. The lowest BCUT2D eigenvalue weighted by Gasteiger charge is -2.07. The van der Waals surface area contributed by atoms with Gasteiger partial charge in [-0.05, 0) is 25.1 Å². The van der Waals surface area contributed by atoms with Crippen LogP contribution in [-0.2, 0) is 6.54 Å². The Morgan fingerprint density at radius 2 is 1.91 bits per heavy atom. The maximum Gasteiger partial charge on any atom is 0.271 e. The summed E-state index contributed by atoms with van der Waals surface area (Å²) >= 11 is 0. The average molecular weight is 294 g/mol. The molecule has 0 spiro atoms. The number of hydrogen-bond acceptors (Lipinski definition) is 5. The van der Waals surface area contributed by atoms with Gasteiger partial charge in [-0.3, -0.25) is 15.1 Å². The lowest BCUT2D eigenvalue weighted by Crippen LogP contribution is -2.02. The molecule has 0 amide bonds. The van der Waals surface area contributed by atoms with Gasteiger partial charge in [0.05, 0.1) is 34.4 Å². The standard InChI is InChI=1S/C16H14N4O2/c1-11-2-4-12(5-3-11)17-9-13-10-18-16-8-14(20(21)22)6-7-15(16)19-13/h2-8,10,17H,9H2,1H3. The first kappa shape index (κ1) is 13.9. The Balaban J connectivity index is 1.78. The van der Waals surface area contributed by atoms with Crippen LogP contribution in [0.3, 0.4) is 0 Å². The first-order chi connectivity index (χ1) is 10.6. The molecule has 2 aromatic carbocycles. The topological polar surface area (TPSA) is 81.0 Å². The number of anilines is 1. The molecular formula is C16H14N4O2. The summed E-state index contributed by atoms with van der Waals surface area (Å²) in [7, 11) is 0. The zero-order chi connectivity index (χ0) is 15.5. The van der Waals surface area contributed by atoms with Crippen molar-refractivity contribution in [2.24, 2.45) is 0 Å². The van der Waals surface area contributed by atoms with Crippen molar-refractivity contribution in [2.45, 2.75) is 13.5 Å². The van der Waals surface area contributed by atoms with E-state index in [1.165, 1.54) is 17.7 Å². The predicted octanol–water partition coefficient (Wildman–Crippen LogP) is 3.46. The number of fused-ring (bicyclic) bond motifs is 1. The quantitative estimate of drug-likeness (QED) is 0.588. The van der Waals surface area contributed by atoms with E-state index in [0.29, 0.717) is 17.6 Å². The van der Waals surface area contributed by atoms with Crippen molar-refractivity contribution in [3.63, 3.8) is 0 Å². The highest BCUT2D eigenvalue weighted by molar-refractivity contribution is 5.76. The molecule has 0 unspecified atom stereocenters. The highest BCUT2D eigenvalue weighted by Gasteiger charge is 2.08. The number of benzene rings is 2. The maximum atomic E-state index is 10.7. The summed E-state index contributed by atoms with van der Waals surface area (Å²) in [5.41, 5.74) is 4.19. The van der Waals surface area contributed by atoms with Crippen molar-refractivity contribution in [1.29, 1.82) is 0 Å². The van der Waals surface area contributed by atoms with Crippen LogP contribution in [0.5, 0.6) is 0 Å². The molecule has 1 aromatic heterocycles. The van der Waals surface area contributed by atoms with Gasteiger partial charge in [-0.15, -0.1) is 0 Å². The number of nitrogens with zero attached hydrogens (tertiary/aromatic N) is 3. The zero-order valence-corrected chi connectivity index (χ0v) is 12.0. The number of rotatable bonds is 4. The summed E-state index contributed by atoms with van der Waals surface area (Å²) in [5.74, 6) is 0. The van der Waals surface area contributed by atoms with Crippen LogP contribution in [0, 0.1) is 17.0 Å². The molecule has 0 fully saturated rings. The highest BCUT2D eigenvalue weighted by atomic mass is 16.6. The van der Waals surface area contributed by atoms with E-state index in [0.717, 1.165) is 11.4 Å². The molecule has 6 heteroatoms. The molecule has 0 aliphatic carbocycles. The summed E-state index contributed by atoms with van der Waals surface area (Å²) in [6.07, 6.45) is 1.63. The van der Waals surface area contributed by atoms with E-state index < -0.39 is 4.92 Å². The van der Waals surface area contributed by atoms with Crippen molar-refractivity contribution >= 4 is 22.4 Å². The molecule has 1 N–H and O–H groups in total. The van der Waals surface area contributed by atoms with Crippen molar-refractivity contribution in [2.75, 3.05) is 5.32 Å². The third kappa shape index (κ3) is 3.01. The molecule has 110 valence electrons. The first-order valence-electron chi connectivity index (χ1n) is 6.82.